The van der Waals surface area contributed by atoms with Crippen LogP contribution in [0.25, 0.3) is 0 Å². The van der Waals surface area contributed by atoms with Crippen LogP contribution in [-0.4, -0.2) is 29.3 Å². The number of carbonyl (C=O) groups is 2. The maximum atomic E-state index is 13.2. The number of carbonyl (C=O) groups excluding carboxylic acids is 2. The zero-order valence-electron chi connectivity index (χ0n) is 13.9. The number of ketones is 1. The number of esters is 1. The molecule has 0 spiro atoms. The number of alkyl halides is 3. The van der Waals surface area contributed by atoms with Crippen LogP contribution >= 0.6 is 23.4 Å². The fraction of sp³-hybridized carbons (Fsp3) is 0.412. The molecule has 0 radical (unpaired) electrons. The van der Waals surface area contributed by atoms with Gasteiger partial charge in [-0.1, -0.05) is 35.4 Å². The molecule has 0 heterocycles. The van der Waals surface area contributed by atoms with Gasteiger partial charge in [0.2, 0.25) is 0 Å². The highest BCUT2D eigenvalue weighted by molar-refractivity contribution is 8.01. The van der Waals surface area contributed by atoms with E-state index in [-0.39, 0.29) is 12.4 Å². The average molecular weight is 395 g/mol. The van der Waals surface area contributed by atoms with Crippen molar-refractivity contribution < 1.29 is 27.5 Å². The van der Waals surface area contributed by atoms with Gasteiger partial charge in [-0.2, -0.15) is 13.2 Å². The Labute approximate surface area is 153 Å². The monoisotopic (exact) mass is 394 g/mol. The summed E-state index contributed by atoms with van der Waals surface area (Å²) in [5.41, 5.74) is 1.02. The first-order valence-electron chi connectivity index (χ1n) is 7.36. The Morgan fingerprint density at radius 1 is 1.20 bits per heavy atom. The molecule has 3 nitrogen and oxygen atoms in total. The molecule has 1 unspecified atom stereocenters. The molecule has 0 N–H and O–H groups in total. The van der Waals surface area contributed by atoms with E-state index in [1.807, 2.05) is 0 Å². The lowest BCUT2D eigenvalue weighted by atomic mass is 9.99. The van der Waals surface area contributed by atoms with Gasteiger partial charge in [-0.15, -0.1) is 11.8 Å². The van der Waals surface area contributed by atoms with Gasteiger partial charge in [-0.25, -0.2) is 4.79 Å². The van der Waals surface area contributed by atoms with Gasteiger partial charge in [0.1, 0.15) is 0 Å². The smallest absolute Gasteiger partial charge is 0.452 e. The maximum absolute atomic E-state index is 13.2. The quantitative estimate of drug-likeness (QED) is 0.372. The standard InChI is InChI=1S/C17H18ClF3O3S/c1-4-24-15(23)16(9-11(2)3,14(22)17(19,20)21)25-10-12-5-7-13(18)8-6-12/h5-9H,4,10H2,1-3H3. The minimum absolute atomic E-state index is 0.00157. The Morgan fingerprint density at radius 2 is 1.76 bits per heavy atom. The first kappa shape index (κ1) is 21.6. The van der Waals surface area contributed by atoms with Crippen molar-refractivity contribution in [3.63, 3.8) is 0 Å². The second-order valence-corrected chi connectivity index (χ2v) is 7.08. The third-order valence-electron chi connectivity index (χ3n) is 3.05. The van der Waals surface area contributed by atoms with Gasteiger partial charge >= 0.3 is 12.1 Å². The van der Waals surface area contributed by atoms with Gasteiger partial charge in [0.05, 0.1) is 6.61 Å². The van der Waals surface area contributed by atoms with Crippen molar-refractivity contribution >= 4 is 35.1 Å². The minimum Gasteiger partial charge on any atom is -0.464 e. The lowest BCUT2D eigenvalue weighted by Gasteiger charge is -2.28. The summed E-state index contributed by atoms with van der Waals surface area (Å²) in [5.74, 6) is -3.38. The summed E-state index contributed by atoms with van der Waals surface area (Å²) < 4.78 is 41.8. The number of benzene rings is 1. The molecule has 1 rings (SSSR count). The largest absolute Gasteiger partial charge is 0.464 e. The topological polar surface area (TPSA) is 43.4 Å². The summed E-state index contributed by atoms with van der Waals surface area (Å²) in [6, 6.07) is 6.39. The van der Waals surface area contributed by atoms with E-state index in [1.54, 1.807) is 24.3 Å². The Morgan fingerprint density at radius 3 is 2.20 bits per heavy atom. The highest BCUT2D eigenvalue weighted by Gasteiger charge is 2.57. The third kappa shape index (κ3) is 5.78. The molecule has 0 saturated carbocycles. The molecule has 0 saturated heterocycles. The van der Waals surface area contributed by atoms with Crippen molar-refractivity contribution in [3.05, 3.63) is 46.5 Å². The lowest BCUT2D eigenvalue weighted by molar-refractivity contribution is -0.176. The first-order chi connectivity index (χ1) is 11.5. The molecule has 138 valence electrons. The summed E-state index contributed by atoms with van der Waals surface area (Å²) >= 11 is 6.36. The van der Waals surface area contributed by atoms with Crippen LogP contribution in [0.15, 0.2) is 35.9 Å². The molecule has 0 aliphatic heterocycles. The summed E-state index contributed by atoms with van der Waals surface area (Å²) in [6.07, 6.45) is -4.16. The number of hydrogen-bond acceptors (Lipinski definition) is 4. The Bertz CT molecular complexity index is 652. The zero-order valence-corrected chi connectivity index (χ0v) is 15.5. The molecule has 1 aromatic carbocycles. The average Bonchev–Trinajstić information content (AvgIpc) is 2.51. The molecular formula is C17H18ClF3O3S. The second kappa shape index (κ2) is 8.76. The fourth-order valence-corrected chi connectivity index (χ4v) is 3.47. The van der Waals surface area contributed by atoms with Crippen molar-refractivity contribution in [2.24, 2.45) is 0 Å². The summed E-state index contributed by atoms with van der Waals surface area (Å²) in [4.78, 5) is 24.4. The van der Waals surface area contributed by atoms with Crippen molar-refractivity contribution in [2.75, 3.05) is 6.61 Å². The van der Waals surface area contributed by atoms with E-state index in [0.717, 1.165) is 6.08 Å². The van der Waals surface area contributed by atoms with Crippen LogP contribution in [0.1, 0.15) is 26.3 Å². The number of halogens is 4. The molecule has 25 heavy (non-hydrogen) atoms. The second-order valence-electron chi connectivity index (χ2n) is 5.42. The van der Waals surface area contributed by atoms with Gasteiger partial charge in [0.25, 0.3) is 5.78 Å². The fourth-order valence-electron chi connectivity index (χ4n) is 2.02. The number of allylic oxidation sites excluding steroid dienone is 1. The van der Waals surface area contributed by atoms with Crippen LogP contribution < -0.4 is 0 Å². The summed E-state index contributed by atoms with van der Waals surface area (Å²) in [7, 11) is 0. The predicted molar refractivity (Wildman–Crippen MR) is 92.6 cm³/mol. The molecule has 0 amide bonds. The van der Waals surface area contributed by atoms with E-state index in [2.05, 4.69) is 0 Å². The van der Waals surface area contributed by atoms with E-state index in [4.69, 9.17) is 16.3 Å². The molecule has 0 aliphatic carbocycles. The Balaban J connectivity index is 3.31. The molecule has 0 bridgehead atoms. The first-order valence-corrected chi connectivity index (χ1v) is 8.72. The molecule has 1 atom stereocenters. The zero-order chi connectivity index (χ0) is 19.3. The number of Topliss-reactive ketones (excluding diaryl/α,β-unsaturated/α-hetero) is 1. The Hall–Kier alpha value is -1.47. The van der Waals surface area contributed by atoms with Crippen LogP contribution in [0.3, 0.4) is 0 Å². The Kier molecular flexibility index (Phi) is 7.56. The van der Waals surface area contributed by atoms with Crippen LogP contribution in [0.4, 0.5) is 13.2 Å². The molecule has 1 aromatic rings. The summed E-state index contributed by atoms with van der Waals surface area (Å²) in [5, 5.41) is 0.473. The van der Waals surface area contributed by atoms with Gasteiger partial charge in [0, 0.05) is 10.8 Å². The number of thioether (sulfide) groups is 1. The highest BCUT2D eigenvalue weighted by Crippen LogP contribution is 2.39. The molecule has 0 aliphatic rings. The number of hydrogen-bond donors (Lipinski definition) is 0. The molecular weight excluding hydrogens is 377 g/mol. The van der Waals surface area contributed by atoms with Crippen molar-refractivity contribution in [2.45, 2.75) is 37.4 Å². The van der Waals surface area contributed by atoms with Crippen molar-refractivity contribution in [3.8, 4) is 0 Å². The van der Waals surface area contributed by atoms with Gasteiger partial charge in [-0.05, 0) is 38.5 Å². The highest BCUT2D eigenvalue weighted by atomic mass is 35.5. The van der Waals surface area contributed by atoms with E-state index in [0.29, 0.717) is 27.9 Å². The molecule has 0 aromatic heterocycles. The minimum atomic E-state index is -5.17. The van der Waals surface area contributed by atoms with Crippen LogP contribution in [0, 0.1) is 0 Å². The van der Waals surface area contributed by atoms with Crippen molar-refractivity contribution in [1.29, 1.82) is 0 Å². The van der Waals surface area contributed by atoms with Gasteiger partial charge in [-0.3, -0.25) is 4.79 Å². The van der Waals surface area contributed by atoms with E-state index in [9.17, 15) is 22.8 Å². The molecule has 8 heteroatoms. The lowest BCUT2D eigenvalue weighted by Crippen LogP contribution is -2.50. The third-order valence-corrected chi connectivity index (χ3v) is 4.70. The van der Waals surface area contributed by atoms with E-state index >= 15 is 0 Å². The maximum Gasteiger partial charge on any atom is 0.452 e. The van der Waals surface area contributed by atoms with E-state index < -0.39 is 22.7 Å². The van der Waals surface area contributed by atoms with Crippen LogP contribution in [-0.2, 0) is 20.1 Å². The summed E-state index contributed by atoms with van der Waals surface area (Å²) in [6.45, 7) is 4.36. The number of ether oxygens (including phenoxy) is 1. The normalized spacial score (nSPS) is 13.7. The van der Waals surface area contributed by atoms with Gasteiger partial charge < -0.3 is 4.74 Å². The van der Waals surface area contributed by atoms with Gasteiger partial charge in [0.15, 0.2) is 4.75 Å². The SMILES string of the molecule is CCOC(=O)C(C=C(C)C)(SCc1ccc(Cl)cc1)C(=O)C(F)(F)F. The predicted octanol–water partition coefficient (Wildman–Crippen LogP) is 4.97. The van der Waals surface area contributed by atoms with Crippen LogP contribution in [0.2, 0.25) is 5.02 Å². The van der Waals surface area contributed by atoms with Crippen molar-refractivity contribution in [1.82, 2.24) is 0 Å². The number of rotatable bonds is 7. The van der Waals surface area contributed by atoms with E-state index in [1.165, 1.54) is 20.8 Å². The molecule has 0 fully saturated rings. The van der Waals surface area contributed by atoms with Crippen LogP contribution in [0.5, 0.6) is 0 Å².